The molecule has 14 heavy (non-hydrogen) atoms. The van der Waals surface area contributed by atoms with Gasteiger partial charge in [-0.2, -0.15) is 0 Å². The van der Waals surface area contributed by atoms with Crippen LogP contribution in [0.25, 0.3) is 0 Å². The van der Waals surface area contributed by atoms with Crippen molar-refractivity contribution < 1.29 is 4.74 Å². The van der Waals surface area contributed by atoms with Gasteiger partial charge in [0.15, 0.2) is 0 Å². The Hall–Kier alpha value is -1.02. The van der Waals surface area contributed by atoms with Crippen LogP contribution in [0.5, 0.6) is 5.75 Å². The van der Waals surface area contributed by atoms with Crippen LogP contribution >= 0.6 is 0 Å². The summed E-state index contributed by atoms with van der Waals surface area (Å²) in [7, 11) is 0. The number of nitrogens with two attached hydrogens (primary N) is 1. The summed E-state index contributed by atoms with van der Waals surface area (Å²) in [5.41, 5.74) is 9.13. The van der Waals surface area contributed by atoms with E-state index in [1.165, 1.54) is 16.7 Å². The zero-order valence-corrected chi connectivity index (χ0v) is 9.26. The molecule has 78 valence electrons. The van der Waals surface area contributed by atoms with E-state index in [1.54, 1.807) is 0 Å². The third-order valence-corrected chi connectivity index (χ3v) is 2.47. The largest absolute Gasteiger partial charge is 0.493 e. The van der Waals surface area contributed by atoms with Crippen molar-refractivity contribution in [3.05, 3.63) is 28.8 Å². The van der Waals surface area contributed by atoms with Gasteiger partial charge in [-0.25, -0.2) is 0 Å². The molecule has 0 aromatic heterocycles. The summed E-state index contributed by atoms with van der Waals surface area (Å²) in [6.07, 6.45) is 0.910. The van der Waals surface area contributed by atoms with Gasteiger partial charge in [0.1, 0.15) is 5.75 Å². The minimum absolute atomic E-state index is 0.684. The van der Waals surface area contributed by atoms with Crippen molar-refractivity contribution >= 4 is 0 Å². The molecular formula is C12H19NO. The molecule has 0 aliphatic rings. The number of rotatable bonds is 4. The molecule has 2 nitrogen and oxygen atoms in total. The molecular weight excluding hydrogens is 174 g/mol. The lowest BCUT2D eigenvalue weighted by atomic mass is 10.1. The van der Waals surface area contributed by atoms with Crippen molar-refractivity contribution in [2.75, 3.05) is 13.2 Å². The van der Waals surface area contributed by atoms with Crippen LogP contribution < -0.4 is 10.5 Å². The topological polar surface area (TPSA) is 35.2 Å². The van der Waals surface area contributed by atoms with Crippen molar-refractivity contribution in [2.45, 2.75) is 27.2 Å². The molecule has 1 rings (SSSR count). The van der Waals surface area contributed by atoms with Crippen LogP contribution in [0.3, 0.4) is 0 Å². The number of ether oxygens (including phenoxy) is 1. The fraction of sp³-hybridized carbons (Fsp3) is 0.500. The lowest BCUT2D eigenvalue weighted by Gasteiger charge is -2.13. The van der Waals surface area contributed by atoms with Gasteiger partial charge in [0.05, 0.1) is 6.61 Å². The normalized spacial score (nSPS) is 10.3. The minimum Gasteiger partial charge on any atom is -0.493 e. The molecule has 2 heteroatoms. The Morgan fingerprint density at radius 2 is 1.79 bits per heavy atom. The fourth-order valence-corrected chi connectivity index (χ4v) is 1.41. The van der Waals surface area contributed by atoms with Gasteiger partial charge in [0, 0.05) is 0 Å². The highest BCUT2D eigenvalue weighted by atomic mass is 16.5. The molecule has 0 radical (unpaired) electrons. The highest BCUT2D eigenvalue weighted by Crippen LogP contribution is 2.25. The summed E-state index contributed by atoms with van der Waals surface area (Å²) >= 11 is 0. The third kappa shape index (κ3) is 2.48. The summed E-state index contributed by atoms with van der Waals surface area (Å²) < 4.78 is 5.71. The molecule has 1 aromatic rings. The first-order valence-corrected chi connectivity index (χ1v) is 5.06. The van der Waals surface area contributed by atoms with Gasteiger partial charge < -0.3 is 10.5 Å². The van der Waals surface area contributed by atoms with Crippen LogP contribution in [-0.4, -0.2) is 13.2 Å². The average Bonchev–Trinajstić information content (AvgIpc) is 2.18. The van der Waals surface area contributed by atoms with E-state index in [-0.39, 0.29) is 0 Å². The van der Waals surface area contributed by atoms with Crippen LogP contribution in [0.1, 0.15) is 23.1 Å². The number of benzene rings is 1. The van der Waals surface area contributed by atoms with Crippen molar-refractivity contribution in [3.8, 4) is 5.75 Å². The zero-order chi connectivity index (χ0) is 10.6. The van der Waals surface area contributed by atoms with Gasteiger partial charge in [-0.3, -0.25) is 0 Å². The molecule has 0 bridgehead atoms. The monoisotopic (exact) mass is 193 g/mol. The molecule has 0 saturated carbocycles. The van der Waals surface area contributed by atoms with E-state index in [0.29, 0.717) is 13.2 Å². The SMILES string of the molecule is Cc1ccc(C)c(OCCCN)c1C. The molecule has 0 spiro atoms. The molecule has 0 heterocycles. The Bertz CT molecular complexity index is 307. The molecule has 0 saturated heterocycles. The van der Waals surface area contributed by atoms with Crippen LogP contribution in [0, 0.1) is 20.8 Å². The Morgan fingerprint density at radius 3 is 2.43 bits per heavy atom. The Labute approximate surface area is 86.1 Å². The first kappa shape index (κ1) is 11.1. The highest BCUT2D eigenvalue weighted by molar-refractivity contribution is 5.44. The van der Waals surface area contributed by atoms with Crippen molar-refractivity contribution in [2.24, 2.45) is 5.73 Å². The maximum Gasteiger partial charge on any atom is 0.125 e. The van der Waals surface area contributed by atoms with Gasteiger partial charge in [-0.1, -0.05) is 12.1 Å². The minimum atomic E-state index is 0.684. The molecule has 0 aliphatic carbocycles. The molecule has 2 N–H and O–H groups in total. The second-order valence-electron chi connectivity index (χ2n) is 3.64. The van der Waals surface area contributed by atoms with Crippen molar-refractivity contribution in [1.29, 1.82) is 0 Å². The van der Waals surface area contributed by atoms with E-state index in [1.807, 2.05) is 0 Å². The Balaban J connectivity index is 2.79. The number of hydrogen-bond donors (Lipinski definition) is 1. The average molecular weight is 193 g/mol. The van der Waals surface area contributed by atoms with Crippen LogP contribution in [0.2, 0.25) is 0 Å². The molecule has 1 aromatic carbocycles. The summed E-state index contributed by atoms with van der Waals surface area (Å²) in [4.78, 5) is 0. The van der Waals surface area contributed by atoms with E-state index >= 15 is 0 Å². The van der Waals surface area contributed by atoms with E-state index in [0.717, 1.165) is 12.2 Å². The van der Waals surface area contributed by atoms with Gasteiger partial charge in [-0.15, -0.1) is 0 Å². The molecule has 0 amide bonds. The first-order chi connectivity index (χ1) is 6.66. The lowest BCUT2D eigenvalue weighted by molar-refractivity contribution is 0.309. The summed E-state index contributed by atoms with van der Waals surface area (Å²) in [6.45, 7) is 7.67. The van der Waals surface area contributed by atoms with Gasteiger partial charge in [0.2, 0.25) is 0 Å². The highest BCUT2D eigenvalue weighted by Gasteiger charge is 2.05. The molecule has 0 unspecified atom stereocenters. The Morgan fingerprint density at radius 1 is 1.14 bits per heavy atom. The van der Waals surface area contributed by atoms with E-state index in [2.05, 4.69) is 32.9 Å². The van der Waals surface area contributed by atoms with Gasteiger partial charge in [0.25, 0.3) is 0 Å². The summed E-state index contributed by atoms with van der Waals surface area (Å²) in [6, 6.07) is 4.22. The maximum atomic E-state index is 5.71. The summed E-state index contributed by atoms with van der Waals surface area (Å²) in [5, 5.41) is 0. The maximum absolute atomic E-state index is 5.71. The van der Waals surface area contributed by atoms with Gasteiger partial charge in [-0.05, 0) is 50.4 Å². The predicted molar refractivity (Wildman–Crippen MR) is 59.8 cm³/mol. The van der Waals surface area contributed by atoms with Crippen LogP contribution in [-0.2, 0) is 0 Å². The van der Waals surface area contributed by atoms with E-state index < -0.39 is 0 Å². The van der Waals surface area contributed by atoms with Crippen LogP contribution in [0.4, 0.5) is 0 Å². The first-order valence-electron chi connectivity index (χ1n) is 5.06. The quantitative estimate of drug-likeness (QED) is 0.745. The predicted octanol–water partition coefficient (Wildman–Crippen LogP) is 2.34. The summed E-state index contributed by atoms with van der Waals surface area (Å²) in [5.74, 6) is 1.03. The standard InChI is InChI=1S/C12H19NO/c1-9-5-6-10(2)12(11(9)3)14-8-4-7-13/h5-6H,4,7-8,13H2,1-3H3. The zero-order valence-electron chi connectivity index (χ0n) is 9.26. The van der Waals surface area contributed by atoms with Crippen LogP contribution in [0.15, 0.2) is 12.1 Å². The smallest absolute Gasteiger partial charge is 0.125 e. The van der Waals surface area contributed by atoms with E-state index in [4.69, 9.17) is 10.5 Å². The molecule has 0 atom stereocenters. The third-order valence-electron chi connectivity index (χ3n) is 2.47. The van der Waals surface area contributed by atoms with Crippen molar-refractivity contribution in [3.63, 3.8) is 0 Å². The fourth-order valence-electron chi connectivity index (χ4n) is 1.41. The Kier molecular flexibility index (Phi) is 3.96. The second kappa shape index (κ2) is 5.01. The second-order valence-corrected chi connectivity index (χ2v) is 3.64. The lowest BCUT2D eigenvalue weighted by Crippen LogP contribution is -2.07. The number of aryl methyl sites for hydroxylation is 2. The molecule has 0 aliphatic heterocycles. The van der Waals surface area contributed by atoms with E-state index in [9.17, 15) is 0 Å². The van der Waals surface area contributed by atoms with Crippen molar-refractivity contribution in [1.82, 2.24) is 0 Å². The molecule has 0 fully saturated rings. The number of hydrogen-bond acceptors (Lipinski definition) is 2. The van der Waals surface area contributed by atoms with Gasteiger partial charge >= 0.3 is 0 Å².